The Balaban J connectivity index is 2.06. The average molecular weight is 263 g/mol. The largest absolute Gasteiger partial charge is 0.351 e. The number of nitrogens with two attached hydrogens (primary N) is 1. The van der Waals surface area contributed by atoms with E-state index in [2.05, 4.69) is 15.5 Å². The summed E-state index contributed by atoms with van der Waals surface area (Å²) < 4.78 is 12.8. The summed E-state index contributed by atoms with van der Waals surface area (Å²) >= 11 is 0. The molecule has 3 N–H and O–H groups in total. The van der Waals surface area contributed by atoms with E-state index in [1.54, 1.807) is 0 Å². The van der Waals surface area contributed by atoms with Crippen LogP contribution in [0, 0.1) is 5.82 Å². The van der Waals surface area contributed by atoms with E-state index in [1.165, 1.54) is 35.3 Å². The van der Waals surface area contributed by atoms with Crippen molar-refractivity contribution in [3.63, 3.8) is 0 Å². The van der Waals surface area contributed by atoms with E-state index in [0.717, 1.165) is 0 Å². The molecule has 0 bridgehead atoms. The van der Waals surface area contributed by atoms with Crippen LogP contribution in [0.3, 0.4) is 0 Å². The van der Waals surface area contributed by atoms with Crippen molar-refractivity contribution < 1.29 is 9.18 Å². The van der Waals surface area contributed by atoms with Gasteiger partial charge in [0, 0.05) is 6.54 Å². The molecule has 1 heterocycles. The minimum atomic E-state index is -0.337. The lowest BCUT2D eigenvalue weighted by atomic mass is 10.3. The Morgan fingerprint density at radius 1 is 1.37 bits per heavy atom. The first kappa shape index (κ1) is 13.2. The fourth-order valence-corrected chi connectivity index (χ4v) is 1.46. The van der Waals surface area contributed by atoms with Gasteiger partial charge in [-0.2, -0.15) is 9.90 Å². The maximum Gasteiger partial charge on any atom is 0.273 e. The third-order valence-corrected chi connectivity index (χ3v) is 2.45. The first-order valence-corrected chi connectivity index (χ1v) is 5.87. The van der Waals surface area contributed by atoms with Gasteiger partial charge in [0.15, 0.2) is 5.69 Å². The minimum absolute atomic E-state index is 0.210. The number of amides is 1. The van der Waals surface area contributed by atoms with E-state index in [0.29, 0.717) is 25.2 Å². The van der Waals surface area contributed by atoms with Gasteiger partial charge in [-0.05, 0) is 37.2 Å². The van der Waals surface area contributed by atoms with Crippen molar-refractivity contribution in [2.24, 2.45) is 5.73 Å². The highest BCUT2D eigenvalue weighted by molar-refractivity contribution is 5.91. The van der Waals surface area contributed by atoms with Gasteiger partial charge >= 0.3 is 0 Å². The predicted molar refractivity (Wildman–Crippen MR) is 67.3 cm³/mol. The highest BCUT2D eigenvalue weighted by Gasteiger charge is 2.10. The summed E-state index contributed by atoms with van der Waals surface area (Å²) in [6.45, 7) is 1.02. The van der Waals surface area contributed by atoms with Crippen molar-refractivity contribution in [1.82, 2.24) is 20.3 Å². The molecule has 0 aliphatic carbocycles. The fourth-order valence-electron chi connectivity index (χ4n) is 1.46. The van der Waals surface area contributed by atoms with Crippen LogP contribution in [-0.4, -0.2) is 34.0 Å². The molecule has 0 aliphatic heterocycles. The van der Waals surface area contributed by atoms with Crippen molar-refractivity contribution in [1.29, 1.82) is 0 Å². The molecule has 0 atom stereocenters. The molecule has 0 saturated heterocycles. The van der Waals surface area contributed by atoms with Crippen LogP contribution in [0.1, 0.15) is 16.9 Å². The van der Waals surface area contributed by atoms with Gasteiger partial charge in [0.25, 0.3) is 5.91 Å². The number of benzene rings is 1. The van der Waals surface area contributed by atoms with Gasteiger partial charge in [-0.1, -0.05) is 0 Å². The van der Waals surface area contributed by atoms with Crippen molar-refractivity contribution in [3.8, 4) is 5.69 Å². The van der Waals surface area contributed by atoms with E-state index in [4.69, 9.17) is 5.73 Å². The van der Waals surface area contributed by atoms with Crippen molar-refractivity contribution in [3.05, 3.63) is 42.0 Å². The Morgan fingerprint density at radius 2 is 2.11 bits per heavy atom. The third kappa shape index (κ3) is 3.35. The first-order chi connectivity index (χ1) is 9.20. The van der Waals surface area contributed by atoms with Crippen LogP contribution in [0.15, 0.2) is 30.5 Å². The van der Waals surface area contributed by atoms with Crippen molar-refractivity contribution in [2.45, 2.75) is 6.42 Å². The smallest absolute Gasteiger partial charge is 0.273 e. The molecule has 0 unspecified atom stereocenters. The number of nitrogens with one attached hydrogen (secondary N) is 1. The number of hydrogen-bond acceptors (Lipinski definition) is 4. The molecule has 100 valence electrons. The molecular formula is C12H14FN5O. The highest BCUT2D eigenvalue weighted by Crippen LogP contribution is 2.06. The van der Waals surface area contributed by atoms with Crippen molar-refractivity contribution >= 4 is 5.91 Å². The second-order valence-electron chi connectivity index (χ2n) is 3.89. The number of rotatable bonds is 5. The first-order valence-electron chi connectivity index (χ1n) is 5.87. The molecule has 7 heteroatoms. The van der Waals surface area contributed by atoms with Gasteiger partial charge in [0.05, 0.1) is 11.9 Å². The molecule has 0 saturated carbocycles. The predicted octanol–water partition coefficient (Wildman–Crippen LogP) is 0.485. The Morgan fingerprint density at radius 3 is 2.79 bits per heavy atom. The van der Waals surface area contributed by atoms with Crippen LogP contribution in [0.4, 0.5) is 4.39 Å². The zero-order chi connectivity index (χ0) is 13.7. The number of aromatic nitrogens is 3. The Kier molecular flexibility index (Phi) is 4.19. The molecule has 6 nitrogen and oxygen atoms in total. The molecule has 19 heavy (non-hydrogen) atoms. The Labute approximate surface area is 109 Å². The zero-order valence-electron chi connectivity index (χ0n) is 10.2. The van der Waals surface area contributed by atoms with Crippen molar-refractivity contribution in [2.75, 3.05) is 13.1 Å². The molecule has 1 aromatic heterocycles. The molecule has 1 amide bonds. The maximum atomic E-state index is 12.8. The molecular weight excluding hydrogens is 249 g/mol. The summed E-state index contributed by atoms with van der Waals surface area (Å²) in [4.78, 5) is 13.0. The van der Waals surface area contributed by atoms with Gasteiger partial charge in [-0.3, -0.25) is 4.79 Å². The molecule has 0 aliphatic rings. The van der Waals surface area contributed by atoms with Gasteiger partial charge < -0.3 is 11.1 Å². The molecule has 2 aromatic rings. The van der Waals surface area contributed by atoms with Crippen LogP contribution in [0.5, 0.6) is 0 Å². The third-order valence-electron chi connectivity index (χ3n) is 2.45. The van der Waals surface area contributed by atoms with Gasteiger partial charge in [-0.25, -0.2) is 4.39 Å². The summed E-state index contributed by atoms with van der Waals surface area (Å²) in [5.41, 5.74) is 6.13. The SMILES string of the molecule is NCCCNC(=O)c1cnn(-c2ccc(F)cc2)n1. The Bertz CT molecular complexity index is 552. The van der Waals surface area contributed by atoms with E-state index < -0.39 is 0 Å². The minimum Gasteiger partial charge on any atom is -0.351 e. The number of hydrogen-bond donors (Lipinski definition) is 2. The summed E-state index contributed by atoms with van der Waals surface area (Å²) in [5.74, 6) is -0.641. The number of halogens is 1. The maximum absolute atomic E-state index is 12.8. The molecule has 1 aromatic carbocycles. The van der Waals surface area contributed by atoms with Crippen LogP contribution in [0.25, 0.3) is 5.69 Å². The highest BCUT2D eigenvalue weighted by atomic mass is 19.1. The van der Waals surface area contributed by atoms with E-state index in [-0.39, 0.29) is 17.4 Å². The quantitative estimate of drug-likeness (QED) is 0.768. The van der Waals surface area contributed by atoms with Gasteiger partial charge in [-0.15, -0.1) is 5.10 Å². The van der Waals surface area contributed by atoms with Crippen LogP contribution in [0.2, 0.25) is 0 Å². The summed E-state index contributed by atoms with van der Waals surface area (Å²) in [5, 5.41) is 10.7. The second kappa shape index (κ2) is 6.05. The standard InChI is InChI=1S/C12H14FN5O/c13-9-2-4-10(5-3-9)18-16-8-11(17-18)12(19)15-7-1-6-14/h2-5,8H,1,6-7,14H2,(H,15,19). The Hall–Kier alpha value is -2.28. The van der Waals surface area contributed by atoms with E-state index in [1.807, 2.05) is 0 Å². The monoisotopic (exact) mass is 263 g/mol. The average Bonchev–Trinajstić information content (AvgIpc) is 2.89. The summed E-state index contributed by atoms with van der Waals surface area (Å²) in [7, 11) is 0. The summed E-state index contributed by atoms with van der Waals surface area (Å²) in [6.07, 6.45) is 2.07. The molecule has 2 rings (SSSR count). The van der Waals surface area contributed by atoms with E-state index >= 15 is 0 Å². The topological polar surface area (TPSA) is 85.8 Å². The fraction of sp³-hybridized carbons (Fsp3) is 0.250. The van der Waals surface area contributed by atoms with Crippen LogP contribution >= 0.6 is 0 Å². The summed E-state index contributed by atoms with van der Waals surface area (Å²) in [6, 6.07) is 5.68. The lowest BCUT2D eigenvalue weighted by Crippen LogP contribution is -2.26. The van der Waals surface area contributed by atoms with Gasteiger partial charge in [0.1, 0.15) is 5.82 Å². The van der Waals surface area contributed by atoms with Crippen LogP contribution < -0.4 is 11.1 Å². The molecule has 0 fully saturated rings. The number of carbonyl (C=O) groups excluding carboxylic acids is 1. The molecule has 0 radical (unpaired) electrons. The normalized spacial score (nSPS) is 10.4. The second-order valence-corrected chi connectivity index (χ2v) is 3.89. The van der Waals surface area contributed by atoms with Crippen LogP contribution in [-0.2, 0) is 0 Å². The van der Waals surface area contributed by atoms with E-state index in [9.17, 15) is 9.18 Å². The number of nitrogens with zero attached hydrogens (tertiary/aromatic N) is 3. The van der Waals surface area contributed by atoms with Gasteiger partial charge in [0.2, 0.25) is 0 Å². The molecule has 0 spiro atoms. The lowest BCUT2D eigenvalue weighted by Gasteiger charge is -2.00. The lowest BCUT2D eigenvalue weighted by molar-refractivity contribution is 0.0948. The number of carbonyl (C=O) groups is 1. The zero-order valence-corrected chi connectivity index (χ0v) is 10.2.